The molecular formula is C22H30NO8+. The van der Waals surface area contributed by atoms with Crippen molar-refractivity contribution in [1.82, 2.24) is 0 Å². The van der Waals surface area contributed by atoms with Crippen molar-refractivity contribution in [3.63, 3.8) is 0 Å². The van der Waals surface area contributed by atoms with Crippen LogP contribution >= 0.6 is 0 Å². The fraction of sp³-hybridized carbons (Fsp3) is 0.545. The van der Waals surface area contributed by atoms with Crippen molar-refractivity contribution in [1.29, 1.82) is 0 Å². The second-order valence-corrected chi connectivity index (χ2v) is 8.11. The van der Waals surface area contributed by atoms with E-state index in [0.717, 1.165) is 11.6 Å². The molecule has 2 heterocycles. The van der Waals surface area contributed by atoms with Gasteiger partial charge in [0, 0.05) is 17.5 Å². The molecule has 9 heteroatoms. The van der Waals surface area contributed by atoms with E-state index in [4.69, 9.17) is 13.9 Å². The predicted octanol–water partition coefficient (Wildman–Crippen LogP) is 0.0477. The topological polar surface area (TPSA) is 154 Å². The Balaban J connectivity index is 0.000000330. The highest BCUT2D eigenvalue weighted by Gasteiger charge is 2.45. The van der Waals surface area contributed by atoms with E-state index in [2.05, 4.69) is 5.73 Å². The van der Waals surface area contributed by atoms with Gasteiger partial charge in [-0.25, -0.2) is 4.79 Å². The first kappa shape index (κ1) is 23.4. The first-order valence-electron chi connectivity index (χ1n) is 10.5. The minimum Gasteiger partial charge on any atom is -0.462 e. The number of carbonyl (C=O) groups excluding carboxylic acids is 1. The van der Waals surface area contributed by atoms with E-state index >= 15 is 0 Å². The molecule has 0 radical (unpaired) electrons. The zero-order chi connectivity index (χ0) is 22.5. The molecule has 2 aromatic rings. The lowest BCUT2D eigenvalue weighted by Gasteiger charge is -2.38. The first-order chi connectivity index (χ1) is 14.8. The highest BCUT2D eigenvalue weighted by Crippen LogP contribution is 2.27. The third-order valence-corrected chi connectivity index (χ3v) is 5.64. The molecule has 1 aliphatic carbocycles. The SMILES string of the molecule is Cc1cc(=O)oc2cc(O[C@@H]3OC(C=O)[C@H](O)C(O)C3O)ccc12.[NH3+]C1CCCCC1. The Morgan fingerprint density at radius 1 is 1.06 bits per heavy atom. The van der Waals surface area contributed by atoms with Crippen LogP contribution in [0.5, 0.6) is 5.75 Å². The summed E-state index contributed by atoms with van der Waals surface area (Å²) in [7, 11) is 0. The van der Waals surface area contributed by atoms with Gasteiger partial charge >= 0.3 is 5.63 Å². The summed E-state index contributed by atoms with van der Waals surface area (Å²) < 4.78 is 15.7. The Morgan fingerprint density at radius 3 is 2.39 bits per heavy atom. The monoisotopic (exact) mass is 436 g/mol. The summed E-state index contributed by atoms with van der Waals surface area (Å²) >= 11 is 0. The van der Waals surface area contributed by atoms with Gasteiger partial charge in [0.15, 0.2) is 6.29 Å². The largest absolute Gasteiger partial charge is 0.462 e. The lowest BCUT2D eigenvalue weighted by atomic mass is 9.97. The molecule has 4 rings (SSSR count). The number of hydrogen-bond acceptors (Lipinski definition) is 8. The molecule has 0 amide bonds. The summed E-state index contributed by atoms with van der Waals surface area (Å²) in [6, 6.07) is 6.82. The number of aliphatic hydroxyl groups is 3. The van der Waals surface area contributed by atoms with Crippen molar-refractivity contribution in [2.45, 2.75) is 75.8 Å². The maximum atomic E-state index is 11.4. The highest BCUT2D eigenvalue weighted by atomic mass is 16.7. The molecule has 3 unspecified atom stereocenters. The van der Waals surface area contributed by atoms with Gasteiger partial charge in [0.05, 0.1) is 6.04 Å². The minimum atomic E-state index is -1.60. The van der Waals surface area contributed by atoms with Gasteiger partial charge in [0.25, 0.3) is 0 Å². The second-order valence-electron chi connectivity index (χ2n) is 8.11. The van der Waals surface area contributed by atoms with E-state index < -0.39 is 36.3 Å². The molecule has 31 heavy (non-hydrogen) atoms. The van der Waals surface area contributed by atoms with Crippen LogP contribution in [0.1, 0.15) is 37.7 Å². The average Bonchev–Trinajstić information content (AvgIpc) is 2.75. The molecule has 0 bridgehead atoms. The van der Waals surface area contributed by atoms with Crippen LogP contribution in [0.15, 0.2) is 33.5 Å². The minimum absolute atomic E-state index is 0.202. The molecule has 1 saturated carbocycles. The molecule has 9 nitrogen and oxygen atoms in total. The van der Waals surface area contributed by atoms with Gasteiger partial charge in [-0.2, -0.15) is 0 Å². The van der Waals surface area contributed by atoms with E-state index in [9.17, 15) is 24.9 Å². The molecule has 6 N–H and O–H groups in total. The van der Waals surface area contributed by atoms with Gasteiger partial charge in [0.1, 0.15) is 35.7 Å². The number of aldehydes is 1. The van der Waals surface area contributed by atoms with Gasteiger partial charge < -0.3 is 39.7 Å². The fourth-order valence-corrected chi connectivity index (χ4v) is 3.78. The number of benzene rings is 1. The van der Waals surface area contributed by atoms with Crippen LogP contribution in [0, 0.1) is 6.92 Å². The van der Waals surface area contributed by atoms with Crippen LogP contribution in [-0.2, 0) is 9.53 Å². The van der Waals surface area contributed by atoms with Crippen molar-refractivity contribution in [2.24, 2.45) is 0 Å². The number of aryl methyl sites for hydroxylation is 1. The summed E-state index contributed by atoms with van der Waals surface area (Å²) in [5, 5.41) is 30.0. The maximum absolute atomic E-state index is 11.4. The van der Waals surface area contributed by atoms with Crippen LogP contribution in [-0.4, -0.2) is 58.4 Å². The van der Waals surface area contributed by atoms with Gasteiger partial charge in [-0.05, 0) is 50.3 Å². The predicted molar refractivity (Wildman–Crippen MR) is 110 cm³/mol. The fourth-order valence-electron chi connectivity index (χ4n) is 3.78. The van der Waals surface area contributed by atoms with E-state index in [1.54, 1.807) is 19.1 Å². The summed E-state index contributed by atoms with van der Waals surface area (Å²) in [6.07, 6.45) is -0.0278. The lowest BCUT2D eigenvalue weighted by Crippen LogP contribution is -2.61. The van der Waals surface area contributed by atoms with Crippen LogP contribution in [0.4, 0.5) is 0 Å². The molecule has 1 aliphatic heterocycles. The normalized spacial score (nSPS) is 29.1. The molecule has 1 aromatic carbocycles. The van der Waals surface area contributed by atoms with Crippen molar-refractivity contribution >= 4 is 17.3 Å². The molecule has 2 aliphatic rings. The molecule has 2 fully saturated rings. The Kier molecular flexibility index (Phi) is 7.79. The Labute approximate surface area is 179 Å². The smallest absolute Gasteiger partial charge is 0.336 e. The van der Waals surface area contributed by atoms with Gasteiger partial charge in [0.2, 0.25) is 6.29 Å². The summed E-state index contributed by atoms with van der Waals surface area (Å²) in [6.45, 7) is 1.76. The third-order valence-electron chi connectivity index (χ3n) is 5.64. The first-order valence-corrected chi connectivity index (χ1v) is 10.5. The number of rotatable bonds is 3. The van der Waals surface area contributed by atoms with Crippen molar-refractivity contribution in [2.75, 3.05) is 0 Å². The van der Waals surface area contributed by atoms with E-state index in [0.29, 0.717) is 11.7 Å². The summed E-state index contributed by atoms with van der Waals surface area (Å²) in [5.74, 6) is 0.202. The van der Waals surface area contributed by atoms with Crippen LogP contribution in [0.2, 0.25) is 0 Å². The number of aliphatic hydroxyl groups excluding tert-OH is 3. The number of quaternary nitrogens is 1. The van der Waals surface area contributed by atoms with Gasteiger partial charge in [-0.15, -0.1) is 0 Å². The quantitative estimate of drug-likeness (QED) is 0.389. The summed E-state index contributed by atoms with van der Waals surface area (Å²) in [4.78, 5) is 22.3. The van der Waals surface area contributed by atoms with E-state index in [1.165, 1.54) is 44.2 Å². The molecular weight excluding hydrogens is 406 g/mol. The molecule has 5 atom stereocenters. The van der Waals surface area contributed by atoms with Crippen LogP contribution < -0.4 is 16.1 Å². The zero-order valence-electron chi connectivity index (χ0n) is 17.5. The molecule has 0 spiro atoms. The number of fused-ring (bicyclic) bond motifs is 1. The van der Waals surface area contributed by atoms with Crippen LogP contribution in [0.3, 0.4) is 0 Å². The number of hydrogen-bond donors (Lipinski definition) is 4. The van der Waals surface area contributed by atoms with Gasteiger partial charge in [-0.1, -0.05) is 6.42 Å². The Morgan fingerprint density at radius 2 is 1.77 bits per heavy atom. The van der Waals surface area contributed by atoms with Crippen molar-refractivity contribution in [3.05, 3.63) is 40.2 Å². The van der Waals surface area contributed by atoms with E-state index in [-0.39, 0.29) is 11.3 Å². The standard InChI is InChI=1S/C16H16O8.C6H13N/c1-7-4-12(18)23-10-5-8(2-3-9(7)10)22-16-15(21)14(20)13(19)11(6-17)24-16;7-6-4-2-1-3-5-6/h2-6,11,13-16,19-21H,1H3;6H,1-5,7H2/p+1/t11?,13-,14?,15?,16+;/m0./s1. The number of carbonyl (C=O) groups is 1. The molecule has 170 valence electrons. The average molecular weight is 436 g/mol. The number of ether oxygens (including phenoxy) is 2. The van der Waals surface area contributed by atoms with Crippen LogP contribution in [0.25, 0.3) is 11.0 Å². The third kappa shape index (κ3) is 5.69. The molecule has 1 aromatic heterocycles. The lowest BCUT2D eigenvalue weighted by molar-refractivity contribution is -0.425. The zero-order valence-corrected chi connectivity index (χ0v) is 17.5. The second kappa shape index (κ2) is 10.3. The highest BCUT2D eigenvalue weighted by molar-refractivity contribution is 5.81. The Bertz CT molecular complexity index is 939. The van der Waals surface area contributed by atoms with E-state index in [1.807, 2.05) is 0 Å². The van der Waals surface area contributed by atoms with Crippen molar-refractivity contribution in [3.8, 4) is 5.75 Å². The maximum Gasteiger partial charge on any atom is 0.336 e. The van der Waals surface area contributed by atoms with Gasteiger partial charge in [-0.3, -0.25) is 0 Å². The van der Waals surface area contributed by atoms with Crippen molar-refractivity contribution < 1.29 is 39.7 Å². The molecule has 1 saturated heterocycles. The summed E-state index contributed by atoms with van der Waals surface area (Å²) in [5.41, 5.74) is 4.51. The Hall–Kier alpha value is -2.30.